The second-order valence-corrected chi connectivity index (χ2v) is 8.68. The van der Waals surface area contributed by atoms with E-state index in [4.69, 9.17) is 0 Å². The van der Waals surface area contributed by atoms with E-state index in [-0.39, 0.29) is 28.3 Å². The van der Waals surface area contributed by atoms with Gasteiger partial charge >= 0.3 is 6.18 Å². The van der Waals surface area contributed by atoms with Crippen LogP contribution < -0.4 is 0 Å². The van der Waals surface area contributed by atoms with Crippen molar-refractivity contribution in [3.05, 3.63) is 119 Å². The van der Waals surface area contributed by atoms with Crippen molar-refractivity contribution >= 4 is 10.9 Å². The minimum absolute atomic E-state index is 0. The Kier molecular flexibility index (Phi) is 7.47. The molecule has 0 bridgehead atoms. The summed E-state index contributed by atoms with van der Waals surface area (Å²) in [7, 11) is 1.78. The monoisotopic (exact) mass is 562 g/mol. The maximum atomic E-state index is 13.2. The van der Waals surface area contributed by atoms with Gasteiger partial charge in [-0.05, 0) is 24.1 Å². The molecule has 0 aliphatic carbocycles. The number of fused-ring (bicyclic) bond motifs is 1. The van der Waals surface area contributed by atoms with E-state index in [0.29, 0.717) is 50.3 Å². The number of halogens is 3. The van der Waals surface area contributed by atoms with Gasteiger partial charge in [-0.2, -0.15) is 23.7 Å². The van der Waals surface area contributed by atoms with Gasteiger partial charge in [0.2, 0.25) is 0 Å². The van der Waals surface area contributed by atoms with Gasteiger partial charge in [-0.3, -0.25) is 9.97 Å². The fraction of sp³-hybridized carbons (Fsp3) is 0.103. The number of rotatable bonds is 4. The number of hydrogen-bond acceptors (Lipinski definition) is 5. The molecule has 0 unspecified atom stereocenters. The van der Waals surface area contributed by atoms with E-state index < -0.39 is 11.9 Å². The standard InChI is InChI=1S/C29H18F3N6.Mn/c1-17-10-20(26(24-15-35-16-38(24)2)19-8-9-25(36-14-19)29(30,31)32)11-21-22(12-33)27(18-6-4-3-5-7-18)23(13-34)37-28(17)21;/h3-11,14-16H,1-2H3;/q-1;. The third-order valence-electron chi connectivity index (χ3n) is 6.26. The number of aromatic nitrogens is 4. The SMILES string of the molecule is Cc1cc([C-](c2ccc(C(F)(F)F)nc2)c2cncn2C)cc2c(C#N)c(-c3ccccc3)c(C#N)nc12.[Mn]. The summed E-state index contributed by atoms with van der Waals surface area (Å²) in [4.78, 5) is 12.4. The molecule has 1 radical (unpaired) electrons. The Morgan fingerprint density at radius 1 is 0.949 bits per heavy atom. The van der Waals surface area contributed by atoms with E-state index in [0.717, 1.165) is 6.07 Å². The summed E-state index contributed by atoms with van der Waals surface area (Å²) in [6.45, 7) is 1.81. The number of hydrogen-bond donors (Lipinski definition) is 0. The first-order valence-electron chi connectivity index (χ1n) is 11.4. The number of imidazole rings is 1. The molecular formula is C29H18F3MnN6-. The van der Waals surface area contributed by atoms with E-state index >= 15 is 0 Å². The number of alkyl halides is 3. The van der Waals surface area contributed by atoms with Gasteiger partial charge in [0, 0.05) is 41.6 Å². The molecule has 5 rings (SSSR count). The van der Waals surface area contributed by atoms with E-state index in [2.05, 4.69) is 27.1 Å². The van der Waals surface area contributed by atoms with Gasteiger partial charge in [-0.15, -0.1) is 12.1 Å². The van der Waals surface area contributed by atoms with Crippen molar-refractivity contribution < 1.29 is 30.2 Å². The summed E-state index contributed by atoms with van der Waals surface area (Å²) >= 11 is 0. The molecule has 0 fully saturated rings. The Bertz CT molecular complexity index is 1750. The molecule has 0 spiro atoms. The minimum Gasteiger partial charge on any atom is -0.345 e. The van der Waals surface area contributed by atoms with Crippen LogP contribution in [0.2, 0.25) is 0 Å². The van der Waals surface area contributed by atoms with Gasteiger partial charge in [-0.1, -0.05) is 65.1 Å². The van der Waals surface area contributed by atoms with Crippen molar-refractivity contribution in [2.75, 3.05) is 0 Å². The Morgan fingerprint density at radius 3 is 2.26 bits per heavy atom. The normalized spacial score (nSPS) is 10.9. The zero-order chi connectivity index (χ0) is 27.0. The van der Waals surface area contributed by atoms with Crippen LogP contribution in [0.3, 0.4) is 0 Å². The largest absolute Gasteiger partial charge is 0.432 e. The topological polar surface area (TPSA) is 91.2 Å². The van der Waals surface area contributed by atoms with E-state index in [9.17, 15) is 23.7 Å². The second kappa shape index (κ2) is 10.6. The number of benzene rings is 2. The number of aryl methyl sites for hydroxylation is 2. The van der Waals surface area contributed by atoms with Crippen molar-refractivity contribution in [1.82, 2.24) is 19.5 Å². The molecule has 0 atom stereocenters. The van der Waals surface area contributed by atoms with Crippen LogP contribution in [-0.2, 0) is 30.3 Å². The Labute approximate surface area is 232 Å². The molecule has 5 aromatic rings. The molecule has 6 nitrogen and oxygen atoms in total. The minimum atomic E-state index is -4.57. The third-order valence-corrected chi connectivity index (χ3v) is 6.26. The summed E-state index contributed by atoms with van der Waals surface area (Å²) in [6, 6.07) is 19.4. The first-order valence-corrected chi connectivity index (χ1v) is 11.4. The van der Waals surface area contributed by atoms with Crippen molar-refractivity contribution in [1.29, 1.82) is 10.5 Å². The fourth-order valence-corrected chi connectivity index (χ4v) is 4.54. The number of nitrogens with zero attached hydrogens (tertiary/aromatic N) is 6. The molecule has 0 amide bonds. The van der Waals surface area contributed by atoms with Crippen LogP contribution in [0.25, 0.3) is 22.0 Å². The van der Waals surface area contributed by atoms with E-state index in [1.807, 2.05) is 43.3 Å². The first kappa shape index (κ1) is 27.4. The van der Waals surface area contributed by atoms with Crippen LogP contribution in [0.5, 0.6) is 0 Å². The number of pyridine rings is 2. The molecule has 10 heteroatoms. The van der Waals surface area contributed by atoms with Gasteiger partial charge in [0.15, 0.2) is 0 Å². The summed E-state index contributed by atoms with van der Waals surface area (Å²) in [5, 5.41) is 20.6. The number of nitriles is 2. The zero-order valence-corrected chi connectivity index (χ0v) is 21.8. The maximum absolute atomic E-state index is 13.2. The average molecular weight is 562 g/mol. The molecular weight excluding hydrogens is 544 g/mol. The second-order valence-electron chi connectivity index (χ2n) is 8.68. The Hall–Kier alpha value is -4.63. The third kappa shape index (κ3) is 4.96. The molecule has 193 valence electrons. The molecule has 3 aromatic heterocycles. The summed E-state index contributed by atoms with van der Waals surface area (Å²) in [6.07, 6.45) is -0.174. The van der Waals surface area contributed by atoms with Gasteiger partial charge in [-0.25, -0.2) is 4.98 Å². The van der Waals surface area contributed by atoms with Crippen LogP contribution in [0, 0.1) is 35.5 Å². The zero-order valence-electron chi connectivity index (χ0n) is 20.6. The molecule has 0 aliphatic heterocycles. The fourth-order valence-electron chi connectivity index (χ4n) is 4.54. The summed E-state index contributed by atoms with van der Waals surface area (Å²) in [5.74, 6) is 0.589. The van der Waals surface area contributed by atoms with E-state index in [1.165, 1.54) is 12.3 Å². The molecule has 39 heavy (non-hydrogen) atoms. The Balaban J connectivity index is 0.00000353. The maximum Gasteiger partial charge on any atom is 0.432 e. The van der Waals surface area contributed by atoms with Crippen molar-refractivity contribution in [2.45, 2.75) is 13.1 Å². The smallest absolute Gasteiger partial charge is 0.345 e. The van der Waals surface area contributed by atoms with Crippen LogP contribution in [0.1, 0.15) is 39.3 Å². The van der Waals surface area contributed by atoms with Gasteiger partial charge < -0.3 is 4.57 Å². The molecule has 0 N–H and O–H groups in total. The Morgan fingerprint density at radius 2 is 1.69 bits per heavy atom. The van der Waals surface area contributed by atoms with Gasteiger partial charge in [0.05, 0.1) is 17.4 Å². The van der Waals surface area contributed by atoms with Crippen LogP contribution >= 0.6 is 0 Å². The van der Waals surface area contributed by atoms with Crippen molar-refractivity contribution in [2.24, 2.45) is 7.05 Å². The van der Waals surface area contributed by atoms with Gasteiger partial charge in [0.25, 0.3) is 0 Å². The van der Waals surface area contributed by atoms with Crippen molar-refractivity contribution in [3.8, 4) is 23.3 Å². The van der Waals surface area contributed by atoms with Crippen molar-refractivity contribution in [3.63, 3.8) is 0 Å². The summed E-state index contributed by atoms with van der Waals surface area (Å²) < 4.78 is 41.3. The van der Waals surface area contributed by atoms with E-state index in [1.54, 1.807) is 30.2 Å². The quantitative estimate of drug-likeness (QED) is 0.195. The first-order chi connectivity index (χ1) is 18.2. The molecule has 0 saturated heterocycles. The molecule has 3 heterocycles. The van der Waals surface area contributed by atoms with Gasteiger partial charge in [0.1, 0.15) is 23.5 Å². The predicted octanol–water partition coefficient (Wildman–Crippen LogP) is 6.12. The van der Waals surface area contributed by atoms with Crippen LogP contribution in [0.15, 0.2) is 73.3 Å². The molecule has 2 aromatic carbocycles. The molecule has 0 aliphatic rings. The molecule has 0 saturated carbocycles. The van der Waals surface area contributed by atoms with Crippen LogP contribution in [0.4, 0.5) is 13.2 Å². The summed E-state index contributed by atoms with van der Waals surface area (Å²) in [5.41, 5.74) is 3.48. The average Bonchev–Trinajstić information content (AvgIpc) is 3.33. The van der Waals surface area contributed by atoms with Crippen LogP contribution in [-0.4, -0.2) is 19.5 Å². The predicted molar refractivity (Wildman–Crippen MR) is 134 cm³/mol.